The number of carboxylic acid groups (broad SMARTS) is 1. The minimum Gasteiger partial charge on any atom is -0.487 e. The van der Waals surface area contributed by atoms with Crippen molar-refractivity contribution in [1.29, 1.82) is 0 Å². The van der Waals surface area contributed by atoms with E-state index < -0.39 is 17.2 Å². The van der Waals surface area contributed by atoms with E-state index in [1.54, 1.807) is 4.57 Å². The molecule has 28 heavy (non-hydrogen) atoms. The maximum Gasteiger partial charge on any atom is 0.341 e. The summed E-state index contributed by atoms with van der Waals surface area (Å²) in [4.78, 5) is 28.1. The van der Waals surface area contributed by atoms with Crippen molar-refractivity contribution in [2.24, 2.45) is 0 Å². The van der Waals surface area contributed by atoms with Gasteiger partial charge in [0.25, 0.3) is 0 Å². The van der Waals surface area contributed by atoms with Gasteiger partial charge in [0.2, 0.25) is 5.43 Å². The van der Waals surface area contributed by atoms with Crippen LogP contribution in [0, 0.1) is 5.82 Å². The van der Waals surface area contributed by atoms with Gasteiger partial charge in [-0.05, 0) is 20.0 Å². The number of likely N-dealkylation sites (N-methyl/N-ethyl adjacent to an activating group) is 1. The summed E-state index contributed by atoms with van der Waals surface area (Å²) >= 11 is 0. The summed E-state index contributed by atoms with van der Waals surface area (Å²) in [6, 6.07) is 0.994. The monoisotopic (exact) mass is 433 g/mol. The number of aromatic carboxylic acids is 1. The van der Waals surface area contributed by atoms with Crippen molar-refractivity contribution in [2.45, 2.75) is 13.0 Å². The first kappa shape index (κ1) is 22.3. The number of ether oxygens (including phenoxy) is 1. The van der Waals surface area contributed by atoms with Gasteiger partial charge < -0.3 is 24.2 Å². The lowest BCUT2D eigenvalue weighted by Gasteiger charge is -2.37. The Labute approximate surface area is 173 Å². The van der Waals surface area contributed by atoms with E-state index in [0.29, 0.717) is 30.0 Å². The van der Waals surface area contributed by atoms with Crippen LogP contribution in [0.25, 0.3) is 10.9 Å². The first-order valence-corrected chi connectivity index (χ1v) is 8.59. The molecule has 7 nitrogen and oxygen atoms in total. The van der Waals surface area contributed by atoms with Crippen LogP contribution >= 0.6 is 24.8 Å². The zero-order chi connectivity index (χ0) is 18.6. The standard InChI is InChI=1S/C18H20FN3O4.2ClH/c1-10-9-26-17-14-11(16(23)12(18(24)25)8-22(10)14)7-13(19)15(17)21-5-3-20(2)4-6-21;;/h7-8,10H,3-6,9H2,1-2H3,(H,24,25);2*1H/t10-;;/m0../s1. The second kappa shape index (κ2) is 8.14. The molecule has 2 aromatic rings. The molecule has 0 unspecified atom stereocenters. The lowest BCUT2D eigenvalue weighted by Crippen LogP contribution is -2.45. The lowest BCUT2D eigenvalue weighted by molar-refractivity contribution is 0.0694. The molecule has 1 aromatic carbocycles. The number of anilines is 1. The highest BCUT2D eigenvalue weighted by atomic mass is 35.5. The van der Waals surface area contributed by atoms with E-state index >= 15 is 0 Å². The van der Waals surface area contributed by atoms with Crippen molar-refractivity contribution in [2.75, 3.05) is 44.7 Å². The van der Waals surface area contributed by atoms with E-state index in [-0.39, 0.29) is 48.4 Å². The zero-order valence-corrected chi connectivity index (χ0v) is 17.1. The van der Waals surface area contributed by atoms with Gasteiger partial charge in [0.1, 0.15) is 17.9 Å². The summed E-state index contributed by atoms with van der Waals surface area (Å²) in [5.41, 5.74) is -0.224. The normalized spacial score (nSPS) is 18.8. The van der Waals surface area contributed by atoms with Crippen molar-refractivity contribution in [3.8, 4) is 5.75 Å². The van der Waals surface area contributed by atoms with Crippen LogP contribution in [0.15, 0.2) is 17.1 Å². The average Bonchev–Trinajstić information content (AvgIpc) is 2.60. The number of nitrogens with zero attached hydrogens (tertiary/aromatic N) is 3. The Kier molecular flexibility index (Phi) is 6.48. The Hall–Kier alpha value is -2.03. The van der Waals surface area contributed by atoms with Gasteiger partial charge in [0, 0.05) is 32.4 Å². The fourth-order valence-electron chi connectivity index (χ4n) is 3.69. The first-order valence-electron chi connectivity index (χ1n) is 8.59. The van der Waals surface area contributed by atoms with Crippen LogP contribution in [0.4, 0.5) is 10.1 Å². The van der Waals surface area contributed by atoms with Gasteiger partial charge in [0.05, 0.1) is 16.9 Å². The molecule has 0 bridgehead atoms. The molecule has 1 fully saturated rings. The summed E-state index contributed by atoms with van der Waals surface area (Å²) in [5, 5.41) is 9.36. The molecule has 1 saturated heterocycles. The van der Waals surface area contributed by atoms with Gasteiger partial charge in [-0.3, -0.25) is 4.79 Å². The third kappa shape index (κ3) is 3.40. The summed E-state index contributed by atoms with van der Waals surface area (Å²) in [6.45, 7) is 5.08. The van der Waals surface area contributed by atoms with Crippen LogP contribution in [0.3, 0.4) is 0 Å². The Morgan fingerprint density at radius 3 is 2.50 bits per heavy atom. The SMILES string of the molecule is C[C@H]1COc2c(N3CCN(C)CC3)c(F)cc3c(=O)c(C(=O)O)cn1c23.Cl.Cl. The van der Waals surface area contributed by atoms with Crippen LogP contribution in [-0.4, -0.2) is 60.4 Å². The number of carboxylic acids is 1. The Bertz CT molecular complexity index is 974. The molecule has 0 aliphatic carbocycles. The minimum atomic E-state index is -1.32. The summed E-state index contributed by atoms with van der Waals surface area (Å²) < 4.78 is 22.6. The van der Waals surface area contributed by atoms with Gasteiger partial charge in [-0.25, -0.2) is 9.18 Å². The predicted molar refractivity (Wildman–Crippen MR) is 110 cm³/mol. The summed E-state index contributed by atoms with van der Waals surface area (Å²) in [7, 11) is 2.02. The minimum absolute atomic E-state index is 0. The number of hydrogen-bond donors (Lipinski definition) is 1. The molecule has 2 aliphatic rings. The van der Waals surface area contributed by atoms with Crippen molar-refractivity contribution in [3.63, 3.8) is 0 Å². The summed E-state index contributed by atoms with van der Waals surface area (Å²) in [6.07, 6.45) is 1.34. The molecular formula is C18H22Cl2FN3O4. The van der Waals surface area contributed by atoms with Crippen LogP contribution in [0.2, 0.25) is 0 Å². The van der Waals surface area contributed by atoms with E-state index in [2.05, 4.69) is 4.90 Å². The fraction of sp³-hybridized carbons (Fsp3) is 0.444. The van der Waals surface area contributed by atoms with E-state index in [1.807, 2.05) is 18.9 Å². The first-order chi connectivity index (χ1) is 12.4. The Morgan fingerprint density at radius 1 is 1.25 bits per heavy atom. The zero-order valence-electron chi connectivity index (χ0n) is 15.5. The number of aromatic nitrogens is 1. The molecule has 3 heterocycles. The molecule has 1 N–H and O–H groups in total. The second-order valence-corrected chi connectivity index (χ2v) is 6.97. The smallest absolute Gasteiger partial charge is 0.341 e. The highest BCUT2D eigenvalue weighted by Crippen LogP contribution is 2.42. The number of rotatable bonds is 2. The highest BCUT2D eigenvalue weighted by molar-refractivity contribution is 5.97. The van der Waals surface area contributed by atoms with Gasteiger partial charge in [-0.2, -0.15) is 0 Å². The molecule has 10 heteroatoms. The maximum atomic E-state index is 15.0. The second-order valence-electron chi connectivity index (χ2n) is 6.97. The topological polar surface area (TPSA) is 75.0 Å². The lowest BCUT2D eigenvalue weighted by atomic mass is 10.1. The highest BCUT2D eigenvalue weighted by Gasteiger charge is 2.30. The number of hydrogen-bond acceptors (Lipinski definition) is 5. The molecule has 0 saturated carbocycles. The van der Waals surface area contributed by atoms with Crippen LogP contribution < -0.4 is 15.1 Å². The van der Waals surface area contributed by atoms with Gasteiger partial charge in [-0.15, -0.1) is 24.8 Å². The van der Waals surface area contributed by atoms with Crippen molar-refractivity contribution < 1.29 is 19.0 Å². The van der Waals surface area contributed by atoms with E-state index in [4.69, 9.17) is 4.74 Å². The average molecular weight is 434 g/mol. The molecule has 2 aliphatic heterocycles. The Morgan fingerprint density at radius 2 is 1.89 bits per heavy atom. The maximum absolute atomic E-state index is 15.0. The largest absolute Gasteiger partial charge is 0.487 e. The van der Waals surface area contributed by atoms with Gasteiger partial charge >= 0.3 is 5.97 Å². The molecular weight excluding hydrogens is 412 g/mol. The third-order valence-corrected chi connectivity index (χ3v) is 5.19. The number of carbonyl (C=O) groups is 1. The number of halogens is 3. The number of pyridine rings is 1. The third-order valence-electron chi connectivity index (χ3n) is 5.19. The molecule has 1 aromatic heterocycles. The Balaban J connectivity index is 0.00000140. The molecule has 4 rings (SSSR count). The van der Waals surface area contributed by atoms with Crippen molar-refractivity contribution in [3.05, 3.63) is 33.9 Å². The van der Waals surface area contributed by atoms with Crippen LogP contribution in [-0.2, 0) is 0 Å². The molecule has 1 atom stereocenters. The number of benzene rings is 1. The van der Waals surface area contributed by atoms with E-state index in [9.17, 15) is 19.1 Å². The molecule has 154 valence electrons. The quantitative estimate of drug-likeness (QED) is 0.783. The van der Waals surface area contributed by atoms with Gasteiger partial charge in [-0.1, -0.05) is 0 Å². The number of piperazine rings is 1. The van der Waals surface area contributed by atoms with Crippen LogP contribution in [0.1, 0.15) is 23.3 Å². The van der Waals surface area contributed by atoms with Crippen LogP contribution in [0.5, 0.6) is 5.75 Å². The van der Waals surface area contributed by atoms with Crippen molar-refractivity contribution in [1.82, 2.24) is 9.47 Å². The molecule has 0 spiro atoms. The fourth-order valence-corrected chi connectivity index (χ4v) is 3.69. The van der Waals surface area contributed by atoms with Gasteiger partial charge in [0.15, 0.2) is 11.6 Å². The van der Waals surface area contributed by atoms with E-state index in [1.165, 1.54) is 6.20 Å². The summed E-state index contributed by atoms with van der Waals surface area (Å²) in [5.74, 6) is -1.54. The van der Waals surface area contributed by atoms with Crippen molar-refractivity contribution >= 4 is 47.4 Å². The van der Waals surface area contributed by atoms with E-state index in [0.717, 1.165) is 19.2 Å². The predicted octanol–water partition coefficient (Wildman–Crippen LogP) is 2.39. The molecule has 0 amide bonds. The molecule has 0 radical (unpaired) electrons.